The van der Waals surface area contributed by atoms with E-state index in [1.165, 1.54) is 25.7 Å². The van der Waals surface area contributed by atoms with Crippen molar-refractivity contribution in [1.82, 2.24) is 9.97 Å². The molecule has 100 valence electrons. The van der Waals surface area contributed by atoms with Crippen molar-refractivity contribution in [2.24, 2.45) is 5.92 Å². The molecule has 2 heterocycles. The minimum atomic E-state index is 0.723. The first-order valence-electron chi connectivity index (χ1n) is 7.01. The van der Waals surface area contributed by atoms with Crippen LogP contribution in [0.15, 0.2) is 6.07 Å². The molecule has 0 bridgehead atoms. The summed E-state index contributed by atoms with van der Waals surface area (Å²) in [6.07, 6.45) is 5.22. The van der Waals surface area contributed by atoms with E-state index in [9.17, 15) is 0 Å². The fraction of sp³-hybridized carbons (Fsp3) is 0.714. The van der Waals surface area contributed by atoms with Crippen LogP contribution in [0.5, 0.6) is 0 Å². The van der Waals surface area contributed by atoms with Crippen LogP contribution in [0.2, 0.25) is 0 Å². The standard InChI is InChI=1S/C14H24N4/c1-4-12-6-5-8-18(9-7-12)13-10-11(2)16-14(15-3)17-13/h10,12H,4-9H2,1-3H3,(H,15,16,17). The maximum absolute atomic E-state index is 4.57. The van der Waals surface area contributed by atoms with E-state index in [-0.39, 0.29) is 0 Å². The van der Waals surface area contributed by atoms with E-state index in [0.29, 0.717) is 0 Å². The van der Waals surface area contributed by atoms with Crippen LogP contribution in [0.3, 0.4) is 0 Å². The number of nitrogens with zero attached hydrogens (tertiary/aromatic N) is 3. The molecule has 1 aliphatic heterocycles. The second-order valence-corrected chi connectivity index (χ2v) is 5.13. The molecule has 1 N–H and O–H groups in total. The van der Waals surface area contributed by atoms with Gasteiger partial charge >= 0.3 is 0 Å². The van der Waals surface area contributed by atoms with Crippen molar-refractivity contribution in [2.75, 3.05) is 30.4 Å². The lowest BCUT2D eigenvalue weighted by molar-refractivity contribution is 0.459. The number of aryl methyl sites for hydroxylation is 1. The normalized spacial score (nSPS) is 20.6. The highest BCUT2D eigenvalue weighted by atomic mass is 15.2. The van der Waals surface area contributed by atoms with Crippen molar-refractivity contribution in [3.05, 3.63) is 11.8 Å². The quantitative estimate of drug-likeness (QED) is 0.893. The third-order valence-corrected chi connectivity index (χ3v) is 3.81. The zero-order valence-corrected chi connectivity index (χ0v) is 11.7. The van der Waals surface area contributed by atoms with Gasteiger partial charge in [-0.15, -0.1) is 0 Å². The smallest absolute Gasteiger partial charge is 0.224 e. The molecule has 1 aliphatic rings. The maximum Gasteiger partial charge on any atom is 0.224 e. The van der Waals surface area contributed by atoms with E-state index < -0.39 is 0 Å². The van der Waals surface area contributed by atoms with Crippen LogP contribution in [0, 0.1) is 12.8 Å². The van der Waals surface area contributed by atoms with Gasteiger partial charge in [0.05, 0.1) is 0 Å². The Morgan fingerprint density at radius 2 is 2.17 bits per heavy atom. The lowest BCUT2D eigenvalue weighted by Gasteiger charge is -2.22. The Balaban J connectivity index is 2.13. The first kappa shape index (κ1) is 13.1. The Kier molecular flexibility index (Phi) is 4.39. The van der Waals surface area contributed by atoms with E-state index in [0.717, 1.165) is 36.5 Å². The average Bonchev–Trinajstić information content (AvgIpc) is 2.63. The molecular formula is C14H24N4. The second-order valence-electron chi connectivity index (χ2n) is 5.13. The van der Waals surface area contributed by atoms with Gasteiger partial charge in [-0.25, -0.2) is 4.98 Å². The summed E-state index contributed by atoms with van der Waals surface area (Å²) in [5, 5.41) is 3.03. The molecule has 1 aromatic rings. The summed E-state index contributed by atoms with van der Waals surface area (Å²) in [5.41, 5.74) is 1.03. The van der Waals surface area contributed by atoms with E-state index in [4.69, 9.17) is 0 Å². The maximum atomic E-state index is 4.57. The molecule has 0 radical (unpaired) electrons. The van der Waals surface area contributed by atoms with Gasteiger partial charge in [0.2, 0.25) is 5.95 Å². The molecule has 0 aliphatic carbocycles. The SMILES string of the molecule is CCC1CCCN(c2cc(C)nc(NC)n2)CC1. The largest absolute Gasteiger partial charge is 0.357 e. The molecule has 1 aromatic heterocycles. The summed E-state index contributed by atoms with van der Waals surface area (Å²) in [5.74, 6) is 2.69. The molecule has 1 fully saturated rings. The topological polar surface area (TPSA) is 41.1 Å². The molecule has 1 saturated heterocycles. The van der Waals surface area contributed by atoms with Crippen LogP contribution >= 0.6 is 0 Å². The van der Waals surface area contributed by atoms with Crippen molar-refractivity contribution in [3.8, 4) is 0 Å². The Bertz CT molecular complexity index is 391. The molecule has 4 heteroatoms. The lowest BCUT2D eigenvalue weighted by Crippen LogP contribution is -2.25. The van der Waals surface area contributed by atoms with Gasteiger partial charge in [0.25, 0.3) is 0 Å². The zero-order chi connectivity index (χ0) is 13.0. The molecule has 4 nitrogen and oxygen atoms in total. The van der Waals surface area contributed by atoms with Crippen molar-refractivity contribution < 1.29 is 0 Å². The van der Waals surface area contributed by atoms with Gasteiger partial charge in [0.1, 0.15) is 5.82 Å². The first-order valence-corrected chi connectivity index (χ1v) is 7.01. The molecule has 0 saturated carbocycles. The minimum Gasteiger partial charge on any atom is -0.357 e. The van der Waals surface area contributed by atoms with Crippen LogP contribution in [0.4, 0.5) is 11.8 Å². The van der Waals surface area contributed by atoms with E-state index >= 15 is 0 Å². The minimum absolute atomic E-state index is 0.723. The van der Waals surface area contributed by atoms with Gasteiger partial charge in [-0.2, -0.15) is 4.98 Å². The van der Waals surface area contributed by atoms with Gasteiger partial charge in [0.15, 0.2) is 0 Å². The third kappa shape index (κ3) is 3.12. The summed E-state index contributed by atoms with van der Waals surface area (Å²) in [4.78, 5) is 11.3. The summed E-state index contributed by atoms with van der Waals surface area (Å²) in [6, 6.07) is 2.09. The predicted octanol–water partition coefficient (Wildman–Crippen LogP) is 2.84. The Morgan fingerprint density at radius 3 is 2.89 bits per heavy atom. The highest BCUT2D eigenvalue weighted by Gasteiger charge is 2.17. The fourth-order valence-electron chi connectivity index (χ4n) is 2.63. The van der Waals surface area contributed by atoms with Crippen molar-refractivity contribution in [3.63, 3.8) is 0 Å². The van der Waals surface area contributed by atoms with Gasteiger partial charge < -0.3 is 10.2 Å². The Morgan fingerprint density at radius 1 is 1.33 bits per heavy atom. The predicted molar refractivity (Wildman–Crippen MR) is 76.2 cm³/mol. The van der Waals surface area contributed by atoms with Crippen molar-refractivity contribution in [2.45, 2.75) is 39.5 Å². The number of nitrogens with one attached hydrogen (secondary N) is 1. The molecule has 2 rings (SSSR count). The summed E-state index contributed by atoms with van der Waals surface area (Å²) < 4.78 is 0. The van der Waals surface area contributed by atoms with E-state index in [1.54, 1.807) is 0 Å². The van der Waals surface area contributed by atoms with Crippen LogP contribution in [0.25, 0.3) is 0 Å². The second kappa shape index (κ2) is 6.03. The third-order valence-electron chi connectivity index (χ3n) is 3.81. The van der Waals surface area contributed by atoms with Gasteiger partial charge in [-0.1, -0.05) is 13.3 Å². The number of aromatic nitrogens is 2. The molecule has 0 spiro atoms. The van der Waals surface area contributed by atoms with Crippen molar-refractivity contribution >= 4 is 11.8 Å². The average molecular weight is 248 g/mol. The van der Waals surface area contributed by atoms with E-state index in [1.807, 2.05) is 14.0 Å². The number of rotatable bonds is 3. The van der Waals surface area contributed by atoms with Gasteiger partial charge in [-0.3, -0.25) is 0 Å². The Labute approximate surface area is 110 Å². The summed E-state index contributed by atoms with van der Waals surface area (Å²) in [6.45, 7) is 6.57. The molecular weight excluding hydrogens is 224 g/mol. The van der Waals surface area contributed by atoms with Crippen LogP contribution in [-0.2, 0) is 0 Å². The van der Waals surface area contributed by atoms with Crippen LogP contribution in [-0.4, -0.2) is 30.1 Å². The number of hydrogen-bond acceptors (Lipinski definition) is 4. The Hall–Kier alpha value is -1.32. The molecule has 18 heavy (non-hydrogen) atoms. The highest BCUT2D eigenvalue weighted by molar-refractivity contribution is 5.44. The molecule has 1 unspecified atom stereocenters. The molecule has 0 aromatic carbocycles. The fourth-order valence-corrected chi connectivity index (χ4v) is 2.63. The summed E-state index contributed by atoms with van der Waals surface area (Å²) >= 11 is 0. The molecule has 0 amide bonds. The van der Waals surface area contributed by atoms with Crippen LogP contribution in [0.1, 0.15) is 38.3 Å². The molecule has 1 atom stereocenters. The number of anilines is 2. The summed E-state index contributed by atoms with van der Waals surface area (Å²) in [7, 11) is 1.87. The van der Waals surface area contributed by atoms with Gasteiger partial charge in [-0.05, 0) is 32.1 Å². The highest BCUT2D eigenvalue weighted by Crippen LogP contribution is 2.24. The number of hydrogen-bond donors (Lipinski definition) is 1. The monoisotopic (exact) mass is 248 g/mol. The zero-order valence-electron chi connectivity index (χ0n) is 11.7. The lowest BCUT2D eigenvalue weighted by atomic mass is 9.98. The van der Waals surface area contributed by atoms with Crippen molar-refractivity contribution in [1.29, 1.82) is 0 Å². The van der Waals surface area contributed by atoms with Crippen LogP contribution < -0.4 is 10.2 Å². The van der Waals surface area contributed by atoms with E-state index in [2.05, 4.69) is 33.2 Å². The first-order chi connectivity index (χ1) is 8.72. The van der Waals surface area contributed by atoms with Gasteiger partial charge in [0, 0.05) is 31.9 Å².